The first-order valence-electron chi connectivity index (χ1n) is 8.57. The predicted octanol–water partition coefficient (Wildman–Crippen LogP) is 2.01. The number of aliphatic imine (C=N–C) groups is 1. The minimum atomic E-state index is -1.24. The number of pyridine rings is 1. The van der Waals surface area contributed by atoms with Gasteiger partial charge in [-0.15, -0.1) is 6.42 Å². The van der Waals surface area contributed by atoms with Crippen molar-refractivity contribution >= 4 is 28.5 Å². The summed E-state index contributed by atoms with van der Waals surface area (Å²) in [6.45, 7) is 1.81. The van der Waals surface area contributed by atoms with Crippen LogP contribution in [-0.2, 0) is 10.8 Å². The largest absolute Gasteiger partial charge is 0.463 e. The summed E-state index contributed by atoms with van der Waals surface area (Å²) >= 11 is 0. The molecule has 1 fully saturated rings. The Bertz CT molecular complexity index is 1100. The normalized spacial score (nSPS) is 25.3. The summed E-state index contributed by atoms with van der Waals surface area (Å²) in [4.78, 5) is 15.3. The van der Waals surface area contributed by atoms with Crippen LogP contribution in [0, 0.1) is 18.3 Å². The average Bonchev–Trinajstić information content (AvgIpc) is 3.40. The SMILES string of the molecule is C#CCOc1cnc(/C(F)=C/c2cnc(F)c(C3CS(=O)C4(C)NC4=N3)c2)cn1. The molecule has 0 bridgehead atoms. The Morgan fingerprint density at radius 1 is 1.45 bits per heavy atom. The molecule has 1 saturated heterocycles. The lowest BCUT2D eigenvalue weighted by Gasteiger charge is -2.18. The molecule has 2 aromatic rings. The minimum Gasteiger partial charge on any atom is -0.463 e. The van der Waals surface area contributed by atoms with Crippen LogP contribution >= 0.6 is 0 Å². The number of halogens is 2. The zero-order valence-corrected chi connectivity index (χ0v) is 16.0. The summed E-state index contributed by atoms with van der Waals surface area (Å²) in [6.07, 6.45) is 9.90. The van der Waals surface area contributed by atoms with Crippen LogP contribution in [0.5, 0.6) is 5.88 Å². The van der Waals surface area contributed by atoms with Crippen LogP contribution in [0.4, 0.5) is 8.78 Å². The summed E-state index contributed by atoms with van der Waals surface area (Å²) in [7, 11) is -1.24. The van der Waals surface area contributed by atoms with Gasteiger partial charge in [-0.25, -0.2) is 19.3 Å². The maximum absolute atomic E-state index is 14.5. The summed E-state index contributed by atoms with van der Waals surface area (Å²) in [5, 5.41) is 2.96. The molecule has 0 aromatic carbocycles. The Kier molecular flexibility index (Phi) is 4.84. The fraction of sp³-hybridized carbons (Fsp3) is 0.263. The van der Waals surface area contributed by atoms with Gasteiger partial charge in [0.2, 0.25) is 11.8 Å². The van der Waals surface area contributed by atoms with E-state index in [0.29, 0.717) is 11.4 Å². The molecule has 0 aliphatic carbocycles. The van der Waals surface area contributed by atoms with E-state index in [9.17, 15) is 13.0 Å². The van der Waals surface area contributed by atoms with E-state index < -0.39 is 33.5 Å². The smallest absolute Gasteiger partial charge is 0.233 e. The molecule has 2 aliphatic rings. The molecule has 2 aromatic heterocycles. The Morgan fingerprint density at radius 3 is 2.97 bits per heavy atom. The number of aromatic nitrogens is 3. The fourth-order valence-corrected chi connectivity index (χ4v) is 4.18. The van der Waals surface area contributed by atoms with E-state index in [4.69, 9.17) is 11.2 Å². The molecule has 148 valence electrons. The van der Waals surface area contributed by atoms with Gasteiger partial charge >= 0.3 is 0 Å². The van der Waals surface area contributed by atoms with E-state index in [1.807, 2.05) is 0 Å². The van der Waals surface area contributed by atoms with Gasteiger partial charge in [0.1, 0.15) is 11.5 Å². The molecule has 0 amide bonds. The Balaban J connectivity index is 1.57. The van der Waals surface area contributed by atoms with Crippen molar-refractivity contribution < 1.29 is 17.7 Å². The number of rotatable bonds is 5. The van der Waals surface area contributed by atoms with E-state index in [0.717, 1.165) is 6.08 Å². The monoisotopic (exact) mass is 415 g/mol. The number of amidine groups is 1. The second kappa shape index (κ2) is 7.33. The van der Waals surface area contributed by atoms with Crippen LogP contribution < -0.4 is 10.1 Å². The third kappa shape index (κ3) is 3.73. The standard InChI is InChI=1S/C19H15F2N5O2S/c1-3-4-28-16-9-22-14(8-23-16)13(20)6-11-5-12(17(21)24-7-11)15-10-29(27)19(2)18(25-15)26-19/h1,5-9,15H,4,10H2,2H3,(H,25,26)/b13-6-. The lowest BCUT2D eigenvalue weighted by molar-refractivity contribution is 0.353. The maximum atomic E-state index is 14.5. The van der Waals surface area contributed by atoms with E-state index in [-0.39, 0.29) is 29.5 Å². The fourth-order valence-electron chi connectivity index (χ4n) is 2.82. The average molecular weight is 415 g/mol. The van der Waals surface area contributed by atoms with Crippen molar-refractivity contribution in [3.05, 3.63) is 47.4 Å². The van der Waals surface area contributed by atoms with E-state index in [2.05, 4.69) is 31.2 Å². The molecule has 7 nitrogen and oxygen atoms in total. The highest BCUT2D eigenvalue weighted by Gasteiger charge is 2.55. The highest BCUT2D eigenvalue weighted by atomic mass is 32.2. The van der Waals surface area contributed by atoms with Gasteiger partial charge in [0, 0.05) is 11.8 Å². The summed E-state index contributed by atoms with van der Waals surface area (Å²) in [6, 6.07) is 0.793. The first-order chi connectivity index (χ1) is 13.9. The van der Waals surface area contributed by atoms with Crippen molar-refractivity contribution in [2.45, 2.75) is 17.8 Å². The predicted molar refractivity (Wildman–Crippen MR) is 104 cm³/mol. The highest BCUT2D eigenvalue weighted by Crippen LogP contribution is 2.36. The number of hydrogen-bond donors (Lipinski definition) is 1. The van der Waals surface area contributed by atoms with E-state index in [1.165, 1.54) is 24.7 Å². The molecule has 0 radical (unpaired) electrons. The lowest BCUT2D eigenvalue weighted by Crippen LogP contribution is -2.27. The van der Waals surface area contributed by atoms with Crippen molar-refractivity contribution in [3.8, 4) is 18.2 Å². The van der Waals surface area contributed by atoms with Gasteiger partial charge < -0.3 is 10.1 Å². The Morgan fingerprint density at radius 2 is 2.28 bits per heavy atom. The Labute approximate surface area is 167 Å². The number of terminal acetylenes is 1. The minimum absolute atomic E-state index is 0.0270. The third-order valence-corrected chi connectivity index (χ3v) is 6.34. The molecular weight excluding hydrogens is 400 g/mol. The molecular formula is C19H15F2N5O2S. The van der Waals surface area contributed by atoms with Gasteiger partial charge in [-0.3, -0.25) is 9.20 Å². The highest BCUT2D eigenvalue weighted by molar-refractivity contribution is 7.88. The van der Waals surface area contributed by atoms with Crippen LogP contribution in [0.3, 0.4) is 0 Å². The number of nitrogens with zero attached hydrogens (tertiary/aromatic N) is 4. The third-order valence-electron chi connectivity index (χ3n) is 4.51. The quantitative estimate of drug-likeness (QED) is 0.456. The number of ether oxygens (including phenoxy) is 1. The maximum Gasteiger partial charge on any atom is 0.233 e. The van der Waals surface area contributed by atoms with Crippen molar-refractivity contribution in [2.75, 3.05) is 12.4 Å². The van der Waals surface area contributed by atoms with Crippen LogP contribution in [0.2, 0.25) is 0 Å². The van der Waals surface area contributed by atoms with Crippen LogP contribution in [0.15, 0.2) is 29.6 Å². The molecule has 4 heterocycles. The molecule has 0 spiro atoms. The zero-order valence-electron chi connectivity index (χ0n) is 15.2. The number of nitrogens with one attached hydrogen (secondary N) is 1. The van der Waals surface area contributed by atoms with Crippen LogP contribution in [-0.4, -0.2) is 42.2 Å². The Hall–Kier alpha value is -3.19. The van der Waals surface area contributed by atoms with Crippen LogP contribution in [0.25, 0.3) is 11.9 Å². The van der Waals surface area contributed by atoms with Gasteiger partial charge in [0.15, 0.2) is 17.3 Å². The molecule has 4 rings (SSSR count). The molecule has 1 N–H and O–H groups in total. The zero-order chi connectivity index (χ0) is 20.6. The van der Waals surface area contributed by atoms with Gasteiger partial charge in [-0.05, 0) is 24.6 Å². The van der Waals surface area contributed by atoms with Crippen molar-refractivity contribution in [1.29, 1.82) is 0 Å². The molecule has 2 aliphatic heterocycles. The van der Waals surface area contributed by atoms with Crippen molar-refractivity contribution in [1.82, 2.24) is 20.3 Å². The molecule has 10 heteroatoms. The number of fused-ring (bicyclic) bond motifs is 1. The van der Waals surface area contributed by atoms with Crippen molar-refractivity contribution in [3.63, 3.8) is 0 Å². The molecule has 3 atom stereocenters. The van der Waals surface area contributed by atoms with Gasteiger partial charge in [-0.2, -0.15) is 4.39 Å². The molecule has 29 heavy (non-hydrogen) atoms. The first-order valence-corrected chi connectivity index (χ1v) is 9.89. The lowest BCUT2D eigenvalue weighted by atomic mass is 10.1. The van der Waals surface area contributed by atoms with E-state index >= 15 is 0 Å². The second-order valence-electron chi connectivity index (χ2n) is 6.54. The summed E-state index contributed by atoms with van der Waals surface area (Å²) < 4.78 is 46.2. The topological polar surface area (TPSA) is 99.3 Å². The summed E-state index contributed by atoms with van der Waals surface area (Å²) in [5.74, 6) is 1.79. The number of hydrogen-bond acceptors (Lipinski definition) is 7. The van der Waals surface area contributed by atoms with Gasteiger partial charge in [-0.1, -0.05) is 5.92 Å². The van der Waals surface area contributed by atoms with Crippen molar-refractivity contribution in [2.24, 2.45) is 4.99 Å². The second-order valence-corrected chi connectivity index (χ2v) is 8.38. The molecule has 3 unspecified atom stereocenters. The molecule has 0 saturated carbocycles. The van der Waals surface area contributed by atoms with E-state index in [1.54, 1.807) is 6.92 Å². The van der Waals surface area contributed by atoms with Gasteiger partial charge in [0.25, 0.3) is 0 Å². The van der Waals surface area contributed by atoms with Gasteiger partial charge in [0.05, 0.1) is 35.0 Å². The van der Waals surface area contributed by atoms with Crippen LogP contribution in [0.1, 0.15) is 29.8 Å². The summed E-state index contributed by atoms with van der Waals surface area (Å²) in [5.41, 5.74) is 0.449. The first kappa shape index (κ1) is 19.1.